The Morgan fingerprint density at radius 1 is 1.12 bits per heavy atom. The van der Waals surface area contributed by atoms with Gasteiger partial charge in [-0.05, 0) is 49.3 Å². The van der Waals surface area contributed by atoms with Gasteiger partial charge in [0.15, 0.2) is 5.43 Å². The second-order valence-electron chi connectivity index (χ2n) is 10.1. The maximum absolute atomic E-state index is 13.2. The number of nitrogens with one attached hydrogen (secondary N) is 1. The van der Waals surface area contributed by atoms with Crippen LogP contribution < -0.4 is 11.2 Å². The topological polar surface area (TPSA) is 105 Å². The van der Waals surface area contributed by atoms with Gasteiger partial charge in [0.05, 0.1) is 28.2 Å². The summed E-state index contributed by atoms with van der Waals surface area (Å²) in [6.07, 6.45) is -1.44. The number of rotatable bonds is 3. The van der Waals surface area contributed by atoms with Gasteiger partial charge in [-0.15, -0.1) is 0 Å². The smallest absolute Gasteiger partial charge is 0.373 e. The molecule has 3 heterocycles. The third-order valence-corrected chi connectivity index (χ3v) is 6.68. The zero-order valence-corrected chi connectivity index (χ0v) is 19.4. The van der Waals surface area contributed by atoms with Crippen LogP contribution in [0.5, 0.6) is 0 Å². The molecule has 1 atom stereocenters. The van der Waals surface area contributed by atoms with Gasteiger partial charge in [-0.25, -0.2) is 0 Å². The fraction of sp³-hybridized carbons (Fsp3) is 0.480. The number of aliphatic hydroxyl groups is 1. The molecule has 3 aromatic heterocycles. The van der Waals surface area contributed by atoms with Crippen molar-refractivity contribution in [3.8, 4) is 11.3 Å². The van der Waals surface area contributed by atoms with Crippen molar-refractivity contribution in [2.45, 2.75) is 70.2 Å². The average Bonchev–Trinajstić information content (AvgIpc) is 2.77. The van der Waals surface area contributed by atoms with Gasteiger partial charge in [-0.1, -0.05) is 20.8 Å². The van der Waals surface area contributed by atoms with Crippen molar-refractivity contribution >= 4 is 10.9 Å². The standard InChI is InChI=1S/C25H29F3N4O2/c1-24(2,3)20-10-15(13-4-6-14(7-5-13)25(26,27)28)16(12-31-20)18-11-19(33)21-17(32-18)8-9-30-22(21)23(29)34/h8-14,23,34H,4-7,29H2,1-3H3,(H,32,33). The van der Waals surface area contributed by atoms with Gasteiger partial charge in [-0.3, -0.25) is 14.8 Å². The summed E-state index contributed by atoms with van der Waals surface area (Å²) in [4.78, 5) is 24.9. The molecule has 0 bridgehead atoms. The highest BCUT2D eigenvalue weighted by atomic mass is 19.4. The molecule has 0 saturated heterocycles. The second-order valence-corrected chi connectivity index (χ2v) is 10.1. The first-order valence-corrected chi connectivity index (χ1v) is 11.4. The van der Waals surface area contributed by atoms with E-state index in [0.717, 1.165) is 11.3 Å². The summed E-state index contributed by atoms with van der Waals surface area (Å²) in [6, 6.07) is 5.00. The molecule has 0 spiro atoms. The molecule has 6 nitrogen and oxygen atoms in total. The summed E-state index contributed by atoms with van der Waals surface area (Å²) in [5.74, 6) is -1.35. The van der Waals surface area contributed by atoms with Gasteiger partial charge in [0.2, 0.25) is 0 Å². The van der Waals surface area contributed by atoms with Crippen LogP contribution in [0.25, 0.3) is 22.2 Å². The molecule has 34 heavy (non-hydrogen) atoms. The van der Waals surface area contributed by atoms with Crippen molar-refractivity contribution in [1.29, 1.82) is 0 Å². The Balaban J connectivity index is 1.82. The molecule has 9 heteroatoms. The summed E-state index contributed by atoms with van der Waals surface area (Å²) in [5.41, 5.74) is 8.44. The summed E-state index contributed by atoms with van der Waals surface area (Å²) in [6.45, 7) is 6.09. The second kappa shape index (κ2) is 8.78. The van der Waals surface area contributed by atoms with Crippen LogP contribution in [0.4, 0.5) is 13.2 Å². The van der Waals surface area contributed by atoms with Crippen molar-refractivity contribution in [2.24, 2.45) is 11.7 Å². The first-order valence-electron chi connectivity index (χ1n) is 11.4. The number of aromatic nitrogens is 3. The molecule has 4 N–H and O–H groups in total. The fourth-order valence-electron chi connectivity index (χ4n) is 4.77. The molecule has 1 unspecified atom stereocenters. The average molecular weight is 475 g/mol. The van der Waals surface area contributed by atoms with Gasteiger partial charge >= 0.3 is 6.18 Å². The number of aliphatic hydroxyl groups excluding tert-OH is 1. The lowest BCUT2D eigenvalue weighted by atomic mass is 9.76. The molecule has 0 radical (unpaired) electrons. The molecule has 4 rings (SSSR count). The quantitative estimate of drug-likeness (QED) is 0.460. The Hall–Kier alpha value is -2.78. The van der Waals surface area contributed by atoms with Crippen LogP contribution in [-0.4, -0.2) is 26.2 Å². The van der Waals surface area contributed by atoms with Crippen molar-refractivity contribution in [2.75, 3.05) is 0 Å². The van der Waals surface area contributed by atoms with E-state index in [1.807, 2.05) is 26.8 Å². The third kappa shape index (κ3) is 4.72. The molecular weight excluding hydrogens is 445 g/mol. The molecule has 0 aliphatic heterocycles. The zero-order valence-electron chi connectivity index (χ0n) is 19.4. The summed E-state index contributed by atoms with van der Waals surface area (Å²) < 4.78 is 39.7. The first-order chi connectivity index (χ1) is 15.9. The van der Waals surface area contributed by atoms with E-state index < -0.39 is 18.3 Å². The van der Waals surface area contributed by atoms with E-state index in [1.165, 1.54) is 12.3 Å². The van der Waals surface area contributed by atoms with Crippen LogP contribution in [0, 0.1) is 5.92 Å². The largest absolute Gasteiger partial charge is 0.391 e. The number of fused-ring (bicyclic) bond motifs is 1. The summed E-state index contributed by atoms with van der Waals surface area (Å²) >= 11 is 0. The highest BCUT2D eigenvalue weighted by molar-refractivity contribution is 5.84. The number of nitrogens with zero attached hydrogens (tertiary/aromatic N) is 2. The molecule has 3 aromatic rings. The number of hydrogen-bond acceptors (Lipinski definition) is 5. The van der Waals surface area contributed by atoms with Gasteiger partial charge in [-0.2, -0.15) is 13.2 Å². The summed E-state index contributed by atoms with van der Waals surface area (Å²) in [5, 5.41) is 10.0. The van der Waals surface area contributed by atoms with Crippen LogP contribution in [0.1, 0.15) is 75.6 Å². The van der Waals surface area contributed by atoms with Crippen LogP contribution in [0.15, 0.2) is 35.4 Å². The van der Waals surface area contributed by atoms with E-state index in [1.54, 1.807) is 12.3 Å². The lowest BCUT2D eigenvalue weighted by Crippen LogP contribution is -2.27. The maximum atomic E-state index is 13.2. The molecule has 0 aromatic carbocycles. The van der Waals surface area contributed by atoms with Crippen LogP contribution in [0.3, 0.4) is 0 Å². The van der Waals surface area contributed by atoms with Gasteiger partial charge in [0.1, 0.15) is 6.23 Å². The van der Waals surface area contributed by atoms with Crippen molar-refractivity contribution in [1.82, 2.24) is 15.0 Å². The highest BCUT2D eigenvalue weighted by Gasteiger charge is 2.42. The molecule has 182 valence electrons. The van der Waals surface area contributed by atoms with Crippen molar-refractivity contribution in [3.05, 3.63) is 57.8 Å². The number of aromatic amines is 1. The number of hydrogen-bond donors (Lipinski definition) is 3. The Morgan fingerprint density at radius 2 is 1.79 bits per heavy atom. The molecule has 1 aliphatic carbocycles. The molecule has 0 amide bonds. The van der Waals surface area contributed by atoms with Crippen LogP contribution in [-0.2, 0) is 5.41 Å². The van der Waals surface area contributed by atoms with E-state index in [9.17, 15) is 23.1 Å². The number of halogens is 3. The Labute approximate surface area is 195 Å². The first kappa shape index (κ1) is 24.3. The lowest BCUT2D eigenvalue weighted by molar-refractivity contribution is -0.182. The third-order valence-electron chi connectivity index (χ3n) is 6.68. The minimum absolute atomic E-state index is 0.0734. The van der Waals surface area contributed by atoms with Crippen LogP contribution >= 0.6 is 0 Å². The highest BCUT2D eigenvalue weighted by Crippen LogP contribution is 2.45. The number of alkyl halides is 3. The minimum atomic E-state index is -4.18. The summed E-state index contributed by atoms with van der Waals surface area (Å²) in [7, 11) is 0. The van der Waals surface area contributed by atoms with Gasteiger partial charge in [0, 0.05) is 35.1 Å². The van der Waals surface area contributed by atoms with E-state index in [-0.39, 0.29) is 40.7 Å². The Bertz CT molecular complexity index is 1250. The van der Waals surface area contributed by atoms with E-state index in [0.29, 0.717) is 29.6 Å². The van der Waals surface area contributed by atoms with Crippen LogP contribution in [0.2, 0.25) is 0 Å². The predicted molar refractivity (Wildman–Crippen MR) is 124 cm³/mol. The van der Waals surface area contributed by atoms with Crippen molar-refractivity contribution < 1.29 is 18.3 Å². The SMILES string of the molecule is CC(C)(C)c1cc(C2CCC(C(F)(F)F)CC2)c(-c2cc(=O)c3c(C(N)O)nccc3[nH]2)cn1. The van der Waals surface area contributed by atoms with Crippen molar-refractivity contribution in [3.63, 3.8) is 0 Å². The minimum Gasteiger partial charge on any atom is -0.373 e. The number of H-pyrrole nitrogens is 1. The fourth-order valence-corrected chi connectivity index (χ4v) is 4.77. The number of nitrogens with two attached hydrogens (primary N) is 1. The normalized spacial score (nSPS) is 20.5. The van der Waals surface area contributed by atoms with E-state index in [4.69, 9.17) is 5.73 Å². The monoisotopic (exact) mass is 474 g/mol. The van der Waals surface area contributed by atoms with E-state index >= 15 is 0 Å². The van der Waals surface area contributed by atoms with E-state index in [2.05, 4.69) is 15.0 Å². The molecule has 1 fully saturated rings. The zero-order chi connectivity index (χ0) is 24.8. The van der Waals surface area contributed by atoms with Gasteiger partial charge in [0.25, 0.3) is 0 Å². The molecule has 1 aliphatic rings. The Morgan fingerprint density at radius 3 is 2.38 bits per heavy atom. The maximum Gasteiger partial charge on any atom is 0.391 e. The lowest BCUT2D eigenvalue weighted by Gasteiger charge is -2.32. The predicted octanol–water partition coefficient (Wildman–Crippen LogP) is 5.07. The molecular formula is C25H29F3N4O2. The number of pyridine rings is 3. The van der Waals surface area contributed by atoms with Gasteiger partial charge < -0.3 is 15.8 Å². The Kier molecular flexibility index (Phi) is 6.29. The molecule has 1 saturated carbocycles.